The third-order valence-electron chi connectivity index (χ3n) is 1.11. The SMILES string of the molecule is CC(C)(CO[N+](=O)O)C(=O)O. The lowest BCUT2D eigenvalue weighted by Crippen LogP contribution is -2.30. The minimum absolute atomic E-state index is 0.373. The summed E-state index contributed by atoms with van der Waals surface area (Å²) in [5.41, 5.74) is -1.18. The van der Waals surface area contributed by atoms with Crippen molar-refractivity contribution in [2.45, 2.75) is 13.8 Å². The molecule has 0 atom stereocenters. The average molecular weight is 164 g/mol. The molecule has 0 saturated heterocycles. The first kappa shape index (κ1) is 9.67. The lowest BCUT2D eigenvalue weighted by atomic mass is 9.96. The lowest BCUT2D eigenvalue weighted by molar-refractivity contribution is -0.976. The molecule has 2 N–H and O–H groups in total. The molecule has 0 saturated carbocycles. The van der Waals surface area contributed by atoms with Crippen LogP contribution in [0, 0.1) is 10.3 Å². The van der Waals surface area contributed by atoms with Gasteiger partial charge in [-0.15, -0.1) is 0 Å². The van der Waals surface area contributed by atoms with Gasteiger partial charge >= 0.3 is 11.1 Å². The van der Waals surface area contributed by atoms with E-state index in [-0.39, 0.29) is 6.61 Å². The van der Waals surface area contributed by atoms with E-state index in [9.17, 15) is 9.70 Å². The smallest absolute Gasteiger partial charge is 0.475 e. The van der Waals surface area contributed by atoms with Gasteiger partial charge in [-0.1, -0.05) is 0 Å². The van der Waals surface area contributed by atoms with Crippen LogP contribution < -0.4 is 0 Å². The van der Waals surface area contributed by atoms with Gasteiger partial charge in [0.2, 0.25) is 0 Å². The van der Waals surface area contributed by atoms with Crippen LogP contribution in [0.1, 0.15) is 13.8 Å². The van der Waals surface area contributed by atoms with E-state index in [2.05, 4.69) is 4.84 Å². The van der Waals surface area contributed by atoms with E-state index < -0.39 is 16.5 Å². The topological polar surface area (TPSA) is 86.8 Å². The van der Waals surface area contributed by atoms with E-state index in [0.717, 1.165) is 0 Å². The fraction of sp³-hybridized carbons (Fsp3) is 0.800. The predicted octanol–water partition coefficient (Wildman–Crippen LogP) is 0.197. The molecule has 0 aliphatic carbocycles. The van der Waals surface area contributed by atoms with Crippen molar-refractivity contribution in [3.8, 4) is 0 Å². The van der Waals surface area contributed by atoms with Crippen LogP contribution in [0.2, 0.25) is 0 Å². The Hall–Kier alpha value is -1.33. The molecule has 0 aromatic heterocycles. The minimum atomic E-state index is -1.18. The summed E-state index contributed by atoms with van der Waals surface area (Å²) in [6.45, 7) is 2.38. The highest BCUT2D eigenvalue weighted by Crippen LogP contribution is 2.14. The zero-order valence-corrected chi connectivity index (χ0v) is 6.27. The molecule has 64 valence electrons. The molecule has 0 aromatic carbocycles. The van der Waals surface area contributed by atoms with Crippen LogP contribution in [0.4, 0.5) is 0 Å². The third kappa shape index (κ3) is 3.39. The average Bonchev–Trinajstić information content (AvgIpc) is 1.84. The van der Waals surface area contributed by atoms with Gasteiger partial charge in [-0.2, -0.15) is 4.84 Å². The molecule has 11 heavy (non-hydrogen) atoms. The van der Waals surface area contributed by atoms with Crippen LogP contribution >= 0.6 is 0 Å². The molecule has 0 aliphatic heterocycles. The van der Waals surface area contributed by atoms with Crippen molar-refractivity contribution >= 4 is 5.97 Å². The zero-order chi connectivity index (χ0) is 9.07. The maximum Gasteiger partial charge on any atom is 0.475 e. The fourth-order valence-corrected chi connectivity index (χ4v) is 0.278. The van der Waals surface area contributed by atoms with E-state index in [4.69, 9.17) is 10.3 Å². The number of carboxylic acid groups (broad SMARTS) is 1. The molecule has 0 amide bonds. The highest BCUT2D eigenvalue weighted by molar-refractivity contribution is 5.73. The Balaban J connectivity index is 3.92. The molecule has 6 heteroatoms. The first-order chi connectivity index (χ1) is 4.86. The quantitative estimate of drug-likeness (QED) is 0.579. The number of aliphatic carboxylic acids is 1. The van der Waals surface area contributed by atoms with Crippen molar-refractivity contribution in [1.82, 2.24) is 0 Å². The monoisotopic (exact) mass is 164 g/mol. The van der Waals surface area contributed by atoms with Gasteiger partial charge in [0, 0.05) is 0 Å². The molecule has 6 nitrogen and oxygen atoms in total. The molecule has 0 bridgehead atoms. The number of rotatable bonds is 4. The van der Waals surface area contributed by atoms with Crippen LogP contribution in [0.5, 0.6) is 0 Å². The van der Waals surface area contributed by atoms with Crippen LogP contribution in [-0.4, -0.2) is 28.0 Å². The van der Waals surface area contributed by atoms with Crippen molar-refractivity contribution in [2.24, 2.45) is 5.41 Å². The van der Waals surface area contributed by atoms with E-state index in [1.165, 1.54) is 13.8 Å². The Labute approximate surface area is 62.9 Å². The van der Waals surface area contributed by atoms with Gasteiger partial charge in [-0.25, -0.2) is 5.21 Å². The third-order valence-corrected chi connectivity index (χ3v) is 1.11. The number of carbonyl (C=O) groups is 1. The first-order valence-corrected chi connectivity index (χ1v) is 2.89. The molecule has 0 aliphatic rings. The number of nitrogens with zero attached hydrogens (tertiary/aromatic N) is 1. The number of hydrogen-bond donors (Lipinski definition) is 2. The van der Waals surface area contributed by atoms with Gasteiger partial charge in [-0.05, 0) is 13.8 Å². The van der Waals surface area contributed by atoms with Gasteiger partial charge in [0.1, 0.15) is 10.3 Å². The Bertz CT molecular complexity index is 176. The summed E-state index contributed by atoms with van der Waals surface area (Å²) in [5.74, 6) is -1.10. The van der Waals surface area contributed by atoms with E-state index in [1.807, 2.05) is 0 Å². The van der Waals surface area contributed by atoms with Gasteiger partial charge < -0.3 is 5.11 Å². The summed E-state index contributed by atoms with van der Waals surface area (Å²) in [6, 6.07) is 0. The zero-order valence-electron chi connectivity index (χ0n) is 6.27. The second kappa shape index (κ2) is 3.18. The Morgan fingerprint density at radius 1 is 1.64 bits per heavy atom. The maximum absolute atomic E-state index is 10.4. The maximum atomic E-state index is 10.4. The van der Waals surface area contributed by atoms with Crippen molar-refractivity contribution in [2.75, 3.05) is 6.61 Å². The summed E-state index contributed by atoms with van der Waals surface area (Å²) in [5, 5.41) is 15.7. The first-order valence-electron chi connectivity index (χ1n) is 2.89. The molecule has 0 radical (unpaired) electrons. The summed E-state index contributed by atoms with van der Waals surface area (Å²) in [6.07, 6.45) is 0. The number of hydrogen-bond acceptors (Lipinski definition) is 3. The largest absolute Gasteiger partial charge is 0.481 e. The molecule has 0 unspecified atom stereocenters. The molecule has 0 fully saturated rings. The normalized spacial score (nSPS) is 10.7. The minimum Gasteiger partial charge on any atom is -0.481 e. The fourth-order valence-electron chi connectivity index (χ4n) is 0.278. The lowest BCUT2D eigenvalue weighted by Gasteiger charge is -2.12. The summed E-state index contributed by atoms with van der Waals surface area (Å²) < 4.78 is 0. The van der Waals surface area contributed by atoms with Crippen LogP contribution in [-0.2, 0) is 9.63 Å². The van der Waals surface area contributed by atoms with Crippen molar-refractivity contribution in [3.63, 3.8) is 0 Å². The second-order valence-corrected chi connectivity index (χ2v) is 2.70. The highest BCUT2D eigenvalue weighted by Gasteiger charge is 2.31. The van der Waals surface area contributed by atoms with Crippen molar-refractivity contribution in [3.05, 3.63) is 4.91 Å². The van der Waals surface area contributed by atoms with Crippen molar-refractivity contribution < 1.29 is 25.0 Å². The summed E-state index contributed by atoms with van der Waals surface area (Å²) in [4.78, 5) is 24.1. The molecule has 0 heterocycles. The number of carboxylic acids is 1. The van der Waals surface area contributed by atoms with Crippen molar-refractivity contribution in [1.29, 1.82) is 0 Å². The Kier molecular flexibility index (Phi) is 2.79. The molecule has 0 spiro atoms. The van der Waals surface area contributed by atoms with E-state index in [1.54, 1.807) is 0 Å². The standard InChI is InChI=1S/C5H9NO5/c1-5(2,4(7)8)3-11-6(9)10/h3H2,1-2H3,(H-,7,8,9,10)/p+1. The molecular formula is C5H10NO5+. The highest BCUT2D eigenvalue weighted by atomic mass is 16.9. The molecule has 0 aromatic rings. The Morgan fingerprint density at radius 3 is 2.36 bits per heavy atom. The molecular weight excluding hydrogens is 154 g/mol. The van der Waals surface area contributed by atoms with Gasteiger partial charge in [0.15, 0.2) is 6.61 Å². The van der Waals surface area contributed by atoms with Crippen LogP contribution in [0.3, 0.4) is 0 Å². The molecule has 0 rings (SSSR count). The second-order valence-electron chi connectivity index (χ2n) is 2.70. The van der Waals surface area contributed by atoms with Gasteiger partial charge in [-0.3, -0.25) is 4.79 Å². The Morgan fingerprint density at radius 2 is 2.09 bits per heavy atom. The van der Waals surface area contributed by atoms with E-state index >= 15 is 0 Å². The van der Waals surface area contributed by atoms with Gasteiger partial charge in [0.25, 0.3) is 0 Å². The summed E-state index contributed by atoms with van der Waals surface area (Å²) in [7, 11) is 0. The van der Waals surface area contributed by atoms with Crippen LogP contribution in [0.15, 0.2) is 0 Å². The summed E-state index contributed by atoms with van der Waals surface area (Å²) >= 11 is 0. The van der Waals surface area contributed by atoms with E-state index in [0.29, 0.717) is 0 Å². The predicted molar refractivity (Wildman–Crippen MR) is 32.8 cm³/mol. The van der Waals surface area contributed by atoms with Crippen LogP contribution in [0.25, 0.3) is 0 Å². The van der Waals surface area contributed by atoms with Gasteiger partial charge in [0.05, 0.1) is 0 Å².